The van der Waals surface area contributed by atoms with E-state index in [0.717, 1.165) is 5.56 Å². The molecular weight excluding hydrogens is 349 g/mol. The number of rotatable bonds is 5. The van der Waals surface area contributed by atoms with Gasteiger partial charge in [-0.2, -0.15) is 0 Å². The van der Waals surface area contributed by atoms with Crippen LogP contribution in [0.25, 0.3) is 0 Å². The fraction of sp³-hybridized carbons (Fsp3) is 0.350. The predicted molar refractivity (Wildman–Crippen MR) is 95.2 cm³/mol. The van der Waals surface area contributed by atoms with E-state index in [9.17, 15) is 14.0 Å². The molecule has 3 heterocycles. The molecule has 0 radical (unpaired) electrons. The van der Waals surface area contributed by atoms with Crippen LogP contribution in [0.5, 0.6) is 5.75 Å². The number of carbonyl (C=O) groups excluding carboxylic acids is 2. The van der Waals surface area contributed by atoms with Gasteiger partial charge in [0.1, 0.15) is 6.10 Å². The van der Waals surface area contributed by atoms with Crippen molar-refractivity contribution in [3.8, 4) is 5.75 Å². The first kappa shape index (κ1) is 17.5. The van der Waals surface area contributed by atoms with E-state index in [4.69, 9.17) is 4.74 Å². The summed E-state index contributed by atoms with van der Waals surface area (Å²) >= 11 is 0. The average molecular weight is 369 g/mol. The molecule has 2 aliphatic heterocycles. The zero-order valence-electron chi connectivity index (χ0n) is 14.8. The van der Waals surface area contributed by atoms with Crippen LogP contribution in [0.1, 0.15) is 12.0 Å². The number of hydrogen-bond donors (Lipinski definition) is 0. The number of pyridine rings is 1. The van der Waals surface area contributed by atoms with Gasteiger partial charge in [0.2, 0.25) is 11.8 Å². The van der Waals surface area contributed by atoms with Crippen LogP contribution in [0.4, 0.5) is 4.39 Å². The monoisotopic (exact) mass is 369 g/mol. The number of nitrogens with zero attached hydrogens (tertiary/aromatic N) is 3. The smallest absolute Gasteiger partial charge is 0.228 e. The van der Waals surface area contributed by atoms with Crippen LogP contribution < -0.4 is 4.74 Å². The van der Waals surface area contributed by atoms with Crippen molar-refractivity contribution >= 4 is 11.8 Å². The number of amides is 2. The first-order valence-electron chi connectivity index (χ1n) is 8.97. The molecule has 4 rings (SSSR count). The van der Waals surface area contributed by atoms with Crippen molar-refractivity contribution < 1.29 is 18.7 Å². The summed E-state index contributed by atoms with van der Waals surface area (Å²) in [6, 6.07) is 9.96. The number of ether oxygens (including phenoxy) is 1. The van der Waals surface area contributed by atoms with Crippen molar-refractivity contribution in [1.82, 2.24) is 14.8 Å². The van der Waals surface area contributed by atoms with Gasteiger partial charge in [0.15, 0.2) is 11.6 Å². The lowest BCUT2D eigenvalue weighted by molar-refractivity contribution is -0.144. The number of carbonyl (C=O) groups is 2. The van der Waals surface area contributed by atoms with Gasteiger partial charge in [0.25, 0.3) is 0 Å². The zero-order valence-corrected chi connectivity index (χ0v) is 14.8. The number of hydrogen-bond acceptors (Lipinski definition) is 4. The highest BCUT2D eigenvalue weighted by Gasteiger charge is 2.41. The maximum atomic E-state index is 13.6. The van der Waals surface area contributed by atoms with Crippen LogP contribution in [0, 0.1) is 11.7 Å². The topological polar surface area (TPSA) is 62.7 Å². The van der Waals surface area contributed by atoms with Crippen LogP contribution >= 0.6 is 0 Å². The number of likely N-dealkylation sites (tertiary alicyclic amines) is 2. The fourth-order valence-electron chi connectivity index (χ4n) is 3.47. The largest absolute Gasteiger partial charge is 0.484 e. The summed E-state index contributed by atoms with van der Waals surface area (Å²) in [6.45, 7) is 1.75. The number of halogens is 1. The van der Waals surface area contributed by atoms with E-state index in [2.05, 4.69) is 4.98 Å². The van der Waals surface area contributed by atoms with Crippen LogP contribution in [0.2, 0.25) is 0 Å². The number of benzene rings is 1. The molecule has 1 aromatic carbocycles. The molecule has 140 valence electrons. The Morgan fingerprint density at radius 3 is 2.63 bits per heavy atom. The van der Waals surface area contributed by atoms with Crippen molar-refractivity contribution in [3.05, 3.63) is 60.2 Å². The minimum Gasteiger partial charge on any atom is -0.484 e. The Morgan fingerprint density at radius 2 is 1.89 bits per heavy atom. The SMILES string of the molecule is O=C1C[C@H](C(=O)N2CC(Oc3ccccc3F)C2)CN1Cc1ccncc1. The van der Waals surface area contributed by atoms with Gasteiger partial charge in [0.05, 0.1) is 19.0 Å². The van der Waals surface area contributed by atoms with E-state index >= 15 is 0 Å². The minimum atomic E-state index is -0.407. The highest BCUT2D eigenvalue weighted by atomic mass is 19.1. The van der Waals surface area contributed by atoms with Gasteiger partial charge < -0.3 is 14.5 Å². The van der Waals surface area contributed by atoms with Gasteiger partial charge in [-0.1, -0.05) is 12.1 Å². The highest BCUT2D eigenvalue weighted by Crippen LogP contribution is 2.26. The van der Waals surface area contributed by atoms with Crippen molar-refractivity contribution in [2.45, 2.75) is 19.1 Å². The van der Waals surface area contributed by atoms with Crippen molar-refractivity contribution in [2.75, 3.05) is 19.6 Å². The van der Waals surface area contributed by atoms with Crippen LogP contribution in [0.3, 0.4) is 0 Å². The van der Waals surface area contributed by atoms with E-state index in [0.29, 0.717) is 26.2 Å². The van der Waals surface area contributed by atoms with E-state index in [-0.39, 0.29) is 36.0 Å². The van der Waals surface area contributed by atoms with E-state index < -0.39 is 5.82 Å². The molecule has 2 saturated heterocycles. The van der Waals surface area contributed by atoms with Crippen molar-refractivity contribution in [3.63, 3.8) is 0 Å². The quantitative estimate of drug-likeness (QED) is 0.807. The maximum Gasteiger partial charge on any atom is 0.228 e. The summed E-state index contributed by atoms with van der Waals surface area (Å²) in [6.07, 6.45) is 3.40. The summed E-state index contributed by atoms with van der Waals surface area (Å²) < 4.78 is 19.2. The van der Waals surface area contributed by atoms with Gasteiger partial charge in [-0.05, 0) is 29.8 Å². The van der Waals surface area contributed by atoms with Crippen LogP contribution in [0.15, 0.2) is 48.8 Å². The van der Waals surface area contributed by atoms with Gasteiger partial charge in [0, 0.05) is 31.9 Å². The second-order valence-electron chi connectivity index (χ2n) is 6.94. The minimum absolute atomic E-state index is 0.00941. The Hall–Kier alpha value is -2.96. The molecule has 2 aliphatic rings. The molecule has 6 nitrogen and oxygen atoms in total. The molecule has 0 saturated carbocycles. The average Bonchev–Trinajstić information content (AvgIpc) is 3.00. The third kappa shape index (κ3) is 3.77. The molecule has 0 N–H and O–H groups in total. The zero-order chi connectivity index (χ0) is 18.8. The summed E-state index contributed by atoms with van der Waals surface area (Å²) in [4.78, 5) is 32.2. The molecule has 1 atom stereocenters. The first-order valence-corrected chi connectivity index (χ1v) is 8.97. The van der Waals surface area contributed by atoms with E-state index in [1.807, 2.05) is 12.1 Å². The Kier molecular flexibility index (Phi) is 4.75. The molecule has 2 fully saturated rings. The molecule has 2 aromatic rings. The van der Waals surface area contributed by atoms with Crippen molar-refractivity contribution in [1.29, 1.82) is 0 Å². The Bertz CT molecular complexity index is 839. The Morgan fingerprint density at radius 1 is 1.15 bits per heavy atom. The molecule has 0 aliphatic carbocycles. The summed E-state index contributed by atoms with van der Waals surface area (Å²) in [5.41, 5.74) is 0.994. The molecular formula is C20H20FN3O3. The second kappa shape index (κ2) is 7.34. The predicted octanol–water partition coefficient (Wildman–Crippen LogP) is 1.86. The summed E-state index contributed by atoms with van der Waals surface area (Å²) in [7, 11) is 0. The number of para-hydroxylation sites is 1. The van der Waals surface area contributed by atoms with Gasteiger partial charge in [-0.3, -0.25) is 14.6 Å². The lowest BCUT2D eigenvalue weighted by atomic mass is 10.0. The molecule has 0 unspecified atom stereocenters. The third-order valence-corrected chi connectivity index (χ3v) is 4.98. The van der Waals surface area contributed by atoms with Gasteiger partial charge >= 0.3 is 0 Å². The highest BCUT2D eigenvalue weighted by molar-refractivity contribution is 5.89. The van der Waals surface area contributed by atoms with Crippen LogP contribution in [-0.2, 0) is 16.1 Å². The summed E-state index contributed by atoms with van der Waals surface area (Å²) in [5.74, 6) is -0.572. The molecule has 0 spiro atoms. The molecule has 0 bridgehead atoms. The second-order valence-corrected chi connectivity index (χ2v) is 6.94. The van der Waals surface area contributed by atoms with E-state index in [1.165, 1.54) is 6.07 Å². The molecule has 1 aromatic heterocycles. The van der Waals surface area contributed by atoms with Gasteiger partial charge in [-0.25, -0.2) is 4.39 Å². The van der Waals surface area contributed by atoms with Crippen LogP contribution in [-0.4, -0.2) is 52.3 Å². The molecule has 2 amide bonds. The lowest BCUT2D eigenvalue weighted by Crippen LogP contribution is -2.57. The van der Waals surface area contributed by atoms with Gasteiger partial charge in [-0.15, -0.1) is 0 Å². The Balaban J connectivity index is 1.28. The molecule has 27 heavy (non-hydrogen) atoms. The molecule has 7 heteroatoms. The van der Waals surface area contributed by atoms with E-state index in [1.54, 1.807) is 40.4 Å². The first-order chi connectivity index (χ1) is 13.1. The van der Waals surface area contributed by atoms with Crippen molar-refractivity contribution in [2.24, 2.45) is 5.92 Å². The lowest BCUT2D eigenvalue weighted by Gasteiger charge is -2.40. The number of aromatic nitrogens is 1. The summed E-state index contributed by atoms with van der Waals surface area (Å²) in [5, 5.41) is 0. The Labute approximate surface area is 156 Å². The third-order valence-electron chi connectivity index (χ3n) is 4.98. The fourth-order valence-corrected chi connectivity index (χ4v) is 3.47. The maximum absolute atomic E-state index is 13.6. The normalized spacial score (nSPS) is 19.9. The standard InChI is InChI=1S/C20H20FN3O3/c21-17-3-1-2-4-18(17)27-16-12-24(13-16)20(26)15-9-19(25)23(11-15)10-14-5-7-22-8-6-14/h1-8,15-16H,9-13H2/t15-/m0/s1.